The van der Waals surface area contributed by atoms with Crippen LogP contribution in [0, 0.1) is 0 Å². The van der Waals surface area contributed by atoms with Crippen molar-refractivity contribution < 1.29 is 18.8 Å². The number of furan rings is 1. The molecule has 0 radical (unpaired) electrons. The van der Waals surface area contributed by atoms with Crippen molar-refractivity contribution in [1.29, 1.82) is 0 Å². The molecule has 0 bridgehead atoms. The van der Waals surface area contributed by atoms with Crippen LogP contribution in [0.1, 0.15) is 5.76 Å². The molecule has 1 aliphatic heterocycles. The Balaban J connectivity index is 2.35. The molecule has 1 N–H and O–H groups in total. The quantitative estimate of drug-likeness (QED) is 0.488. The lowest BCUT2D eigenvalue weighted by Gasteiger charge is -2.24. The van der Waals surface area contributed by atoms with Crippen molar-refractivity contribution in [3.05, 3.63) is 42.4 Å². The van der Waals surface area contributed by atoms with E-state index < -0.39 is 17.8 Å². The summed E-state index contributed by atoms with van der Waals surface area (Å²) in [5.74, 6) is -1.04. The fourth-order valence-corrected chi connectivity index (χ4v) is 1.50. The molecule has 2 heterocycles. The first kappa shape index (κ1) is 11.8. The second kappa shape index (κ2) is 4.70. The molecule has 1 saturated heterocycles. The van der Waals surface area contributed by atoms with Crippen LogP contribution in [0.15, 0.2) is 41.0 Å². The summed E-state index contributed by atoms with van der Waals surface area (Å²) in [6.45, 7) is 3.48. The maximum atomic E-state index is 11.9. The summed E-state index contributed by atoms with van der Waals surface area (Å²) in [4.78, 5) is 35.8. The van der Waals surface area contributed by atoms with Crippen molar-refractivity contribution in [3.8, 4) is 0 Å². The molecule has 0 saturated carbocycles. The molecule has 0 aromatic carbocycles. The molecule has 2 rings (SSSR count). The fraction of sp³-hybridized carbons (Fsp3) is 0.0833. The van der Waals surface area contributed by atoms with Crippen LogP contribution < -0.4 is 5.32 Å². The molecule has 0 unspecified atom stereocenters. The molecule has 0 spiro atoms. The Bertz CT molecular complexity index is 542. The lowest BCUT2D eigenvalue weighted by molar-refractivity contribution is -0.129. The van der Waals surface area contributed by atoms with E-state index >= 15 is 0 Å². The average molecular weight is 246 g/mol. The molecule has 4 amide bonds. The summed E-state index contributed by atoms with van der Waals surface area (Å²) in [7, 11) is 0. The number of carbonyl (C=O) groups is 3. The highest BCUT2D eigenvalue weighted by molar-refractivity contribution is 6.30. The first-order valence-electron chi connectivity index (χ1n) is 5.16. The largest absolute Gasteiger partial charge is 0.465 e. The van der Waals surface area contributed by atoms with Gasteiger partial charge in [-0.1, -0.05) is 6.08 Å². The van der Waals surface area contributed by atoms with Crippen molar-refractivity contribution in [2.24, 2.45) is 0 Å². The number of barbiturate groups is 1. The molecular weight excluding hydrogens is 236 g/mol. The summed E-state index contributed by atoms with van der Waals surface area (Å²) in [5.41, 5.74) is -0.147. The summed E-state index contributed by atoms with van der Waals surface area (Å²) < 4.78 is 5.02. The van der Waals surface area contributed by atoms with Crippen LogP contribution in [-0.2, 0) is 9.59 Å². The minimum Gasteiger partial charge on any atom is -0.465 e. The average Bonchev–Trinajstić information content (AvgIpc) is 2.83. The summed E-state index contributed by atoms with van der Waals surface area (Å²) in [6, 6.07) is 2.48. The molecule has 18 heavy (non-hydrogen) atoms. The van der Waals surface area contributed by atoms with Gasteiger partial charge in [0, 0.05) is 6.54 Å². The predicted molar refractivity (Wildman–Crippen MR) is 62.1 cm³/mol. The maximum absolute atomic E-state index is 11.9. The van der Waals surface area contributed by atoms with Crippen LogP contribution in [0.3, 0.4) is 0 Å². The van der Waals surface area contributed by atoms with Gasteiger partial charge in [0.1, 0.15) is 11.3 Å². The van der Waals surface area contributed by atoms with E-state index in [1.165, 1.54) is 18.4 Å². The Morgan fingerprint density at radius 1 is 1.39 bits per heavy atom. The highest BCUT2D eigenvalue weighted by atomic mass is 16.3. The van der Waals surface area contributed by atoms with Gasteiger partial charge in [-0.3, -0.25) is 19.8 Å². The number of nitrogens with one attached hydrogen (secondary N) is 1. The first-order valence-corrected chi connectivity index (χ1v) is 5.16. The number of hydrogen-bond donors (Lipinski definition) is 1. The minimum atomic E-state index is -0.749. The van der Waals surface area contributed by atoms with Gasteiger partial charge in [-0.2, -0.15) is 0 Å². The molecule has 1 aliphatic rings. The minimum absolute atomic E-state index is 0.0352. The monoisotopic (exact) mass is 246 g/mol. The van der Waals surface area contributed by atoms with Gasteiger partial charge in [-0.25, -0.2) is 4.79 Å². The van der Waals surface area contributed by atoms with Crippen molar-refractivity contribution in [3.63, 3.8) is 0 Å². The second-order valence-corrected chi connectivity index (χ2v) is 3.54. The van der Waals surface area contributed by atoms with E-state index in [4.69, 9.17) is 4.42 Å². The lowest BCUT2D eigenvalue weighted by Crippen LogP contribution is -2.54. The lowest BCUT2D eigenvalue weighted by atomic mass is 10.1. The van der Waals surface area contributed by atoms with Crippen molar-refractivity contribution in [2.75, 3.05) is 6.54 Å². The number of nitrogens with zero attached hydrogens (tertiary/aromatic N) is 1. The van der Waals surface area contributed by atoms with Crippen LogP contribution in [0.25, 0.3) is 6.08 Å². The number of rotatable bonds is 3. The number of hydrogen-bond acceptors (Lipinski definition) is 4. The zero-order valence-corrected chi connectivity index (χ0v) is 9.38. The third kappa shape index (κ3) is 2.08. The maximum Gasteiger partial charge on any atom is 0.331 e. The van der Waals surface area contributed by atoms with Crippen LogP contribution in [0.2, 0.25) is 0 Å². The molecule has 6 heteroatoms. The van der Waals surface area contributed by atoms with E-state index in [1.54, 1.807) is 12.1 Å². The van der Waals surface area contributed by atoms with Gasteiger partial charge >= 0.3 is 6.03 Å². The number of amides is 4. The molecule has 0 aliphatic carbocycles. The van der Waals surface area contributed by atoms with Crippen LogP contribution in [-0.4, -0.2) is 29.3 Å². The van der Waals surface area contributed by atoms with Gasteiger partial charge < -0.3 is 4.42 Å². The Kier molecular flexibility index (Phi) is 3.09. The number of imide groups is 2. The molecule has 1 aromatic rings. The van der Waals surface area contributed by atoms with Gasteiger partial charge in [0.25, 0.3) is 11.8 Å². The normalized spacial score (nSPS) is 18.1. The SMILES string of the molecule is C=CCN1C(=O)NC(=O)/C(=C\c2ccco2)C1=O. The van der Waals surface area contributed by atoms with Crippen molar-refractivity contribution >= 4 is 23.9 Å². The van der Waals surface area contributed by atoms with Crippen LogP contribution in [0.4, 0.5) is 4.79 Å². The van der Waals surface area contributed by atoms with E-state index in [-0.39, 0.29) is 12.1 Å². The summed E-state index contributed by atoms with van der Waals surface area (Å²) in [5, 5.41) is 2.08. The Labute approximate surface area is 103 Å². The highest BCUT2D eigenvalue weighted by Crippen LogP contribution is 2.14. The van der Waals surface area contributed by atoms with Gasteiger partial charge in [-0.15, -0.1) is 6.58 Å². The topological polar surface area (TPSA) is 79.6 Å². The zero-order valence-electron chi connectivity index (χ0n) is 9.38. The first-order chi connectivity index (χ1) is 8.63. The third-order valence-electron chi connectivity index (χ3n) is 2.33. The molecule has 92 valence electrons. The zero-order chi connectivity index (χ0) is 13.1. The standard InChI is InChI=1S/C12H10N2O4/c1-2-5-14-11(16)9(10(15)13-12(14)17)7-8-4-3-6-18-8/h2-4,6-7H,1,5H2,(H,13,15,17)/b9-7+. The van der Waals surface area contributed by atoms with E-state index in [1.807, 2.05) is 0 Å². The third-order valence-corrected chi connectivity index (χ3v) is 2.33. The van der Waals surface area contributed by atoms with E-state index in [2.05, 4.69) is 11.9 Å². The molecule has 1 fully saturated rings. The van der Waals surface area contributed by atoms with Crippen molar-refractivity contribution in [2.45, 2.75) is 0 Å². The molecular formula is C12H10N2O4. The number of carbonyl (C=O) groups excluding carboxylic acids is 3. The van der Waals surface area contributed by atoms with E-state index in [9.17, 15) is 14.4 Å². The van der Waals surface area contributed by atoms with Gasteiger partial charge in [0.2, 0.25) is 0 Å². The summed E-state index contributed by atoms with van der Waals surface area (Å²) in [6.07, 6.45) is 4.11. The van der Waals surface area contributed by atoms with Crippen LogP contribution >= 0.6 is 0 Å². The fourth-order valence-electron chi connectivity index (χ4n) is 1.50. The highest BCUT2D eigenvalue weighted by Gasteiger charge is 2.35. The van der Waals surface area contributed by atoms with Gasteiger partial charge in [-0.05, 0) is 18.2 Å². The predicted octanol–water partition coefficient (Wildman–Crippen LogP) is 0.927. The Hall–Kier alpha value is -2.63. The Morgan fingerprint density at radius 2 is 2.17 bits per heavy atom. The molecule has 1 aromatic heterocycles. The van der Waals surface area contributed by atoms with E-state index in [0.717, 1.165) is 4.90 Å². The Morgan fingerprint density at radius 3 is 2.78 bits per heavy atom. The smallest absolute Gasteiger partial charge is 0.331 e. The summed E-state index contributed by atoms with van der Waals surface area (Å²) >= 11 is 0. The molecule has 6 nitrogen and oxygen atoms in total. The van der Waals surface area contributed by atoms with Crippen LogP contribution in [0.5, 0.6) is 0 Å². The van der Waals surface area contributed by atoms with E-state index in [0.29, 0.717) is 5.76 Å². The molecule has 0 atom stereocenters. The van der Waals surface area contributed by atoms with Gasteiger partial charge in [0.15, 0.2) is 0 Å². The van der Waals surface area contributed by atoms with Crippen molar-refractivity contribution in [1.82, 2.24) is 10.2 Å². The second-order valence-electron chi connectivity index (χ2n) is 3.54. The number of urea groups is 1. The van der Waals surface area contributed by atoms with Gasteiger partial charge in [0.05, 0.1) is 6.26 Å².